The standard InChI is InChI=1S/C30H35Cl2N3O5S/c1-20(2)17-33-30(37)22(4)34(18-23-8-6-7-9-26(23)31)29(36)19-35(24-12-15-28(40-5)27(32)16-24)41(38,39)25-13-10-21(3)11-14-25/h6-16,20,22H,17-19H2,1-5H3,(H,33,37). The van der Waals surface area contributed by atoms with E-state index in [9.17, 15) is 18.0 Å². The van der Waals surface area contributed by atoms with Gasteiger partial charge in [-0.2, -0.15) is 0 Å². The molecule has 0 aliphatic carbocycles. The second-order valence-electron chi connectivity index (χ2n) is 10.1. The van der Waals surface area contributed by atoms with Crippen molar-refractivity contribution in [2.45, 2.75) is 45.2 Å². The number of nitrogens with one attached hydrogen (secondary N) is 1. The second kappa shape index (κ2) is 14.1. The van der Waals surface area contributed by atoms with Crippen LogP contribution in [0.25, 0.3) is 0 Å². The van der Waals surface area contributed by atoms with Crippen molar-refractivity contribution >= 4 is 50.7 Å². The van der Waals surface area contributed by atoms with Gasteiger partial charge in [0.05, 0.1) is 22.7 Å². The summed E-state index contributed by atoms with van der Waals surface area (Å²) in [6, 6.07) is 16.9. The summed E-state index contributed by atoms with van der Waals surface area (Å²) in [6.45, 7) is 7.21. The molecule has 3 aromatic carbocycles. The molecule has 2 amide bonds. The lowest BCUT2D eigenvalue weighted by Gasteiger charge is -2.32. The van der Waals surface area contributed by atoms with Gasteiger partial charge in [-0.1, -0.05) is 72.9 Å². The highest BCUT2D eigenvalue weighted by Crippen LogP contribution is 2.32. The van der Waals surface area contributed by atoms with E-state index in [1.165, 1.54) is 42.3 Å². The molecule has 3 rings (SSSR count). The molecule has 41 heavy (non-hydrogen) atoms. The fraction of sp³-hybridized carbons (Fsp3) is 0.333. The van der Waals surface area contributed by atoms with Crippen LogP contribution in [-0.4, -0.2) is 51.4 Å². The lowest BCUT2D eigenvalue weighted by molar-refractivity contribution is -0.139. The van der Waals surface area contributed by atoms with Crippen LogP contribution in [0, 0.1) is 12.8 Å². The highest BCUT2D eigenvalue weighted by atomic mass is 35.5. The molecular weight excluding hydrogens is 585 g/mol. The lowest BCUT2D eigenvalue weighted by Crippen LogP contribution is -2.51. The number of carbonyl (C=O) groups excluding carboxylic acids is 2. The van der Waals surface area contributed by atoms with E-state index in [-0.39, 0.29) is 34.0 Å². The van der Waals surface area contributed by atoms with Gasteiger partial charge in [-0.25, -0.2) is 8.42 Å². The molecule has 0 heterocycles. The minimum atomic E-state index is -4.22. The lowest BCUT2D eigenvalue weighted by atomic mass is 10.1. The molecule has 11 heteroatoms. The van der Waals surface area contributed by atoms with Gasteiger partial charge in [-0.15, -0.1) is 0 Å². The van der Waals surface area contributed by atoms with Crippen LogP contribution >= 0.6 is 23.2 Å². The summed E-state index contributed by atoms with van der Waals surface area (Å²) >= 11 is 12.8. The molecule has 0 aromatic heterocycles. The summed E-state index contributed by atoms with van der Waals surface area (Å²) in [7, 11) is -2.78. The van der Waals surface area contributed by atoms with Crippen LogP contribution < -0.4 is 14.4 Å². The van der Waals surface area contributed by atoms with Crippen molar-refractivity contribution in [3.8, 4) is 5.75 Å². The smallest absolute Gasteiger partial charge is 0.264 e. The number of rotatable bonds is 12. The van der Waals surface area contributed by atoms with E-state index in [1.807, 2.05) is 20.8 Å². The van der Waals surface area contributed by atoms with Crippen molar-refractivity contribution in [3.05, 3.63) is 87.9 Å². The first-order valence-corrected chi connectivity index (χ1v) is 15.3. The Labute approximate surface area is 252 Å². The van der Waals surface area contributed by atoms with Gasteiger partial charge in [-0.3, -0.25) is 13.9 Å². The van der Waals surface area contributed by atoms with E-state index in [4.69, 9.17) is 27.9 Å². The van der Waals surface area contributed by atoms with Crippen LogP contribution in [0.5, 0.6) is 5.75 Å². The molecule has 0 fully saturated rings. The maximum atomic E-state index is 14.0. The summed E-state index contributed by atoms with van der Waals surface area (Å²) in [5.41, 5.74) is 1.66. The normalized spacial score (nSPS) is 12.1. The van der Waals surface area contributed by atoms with Crippen LogP contribution in [0.4, 0.5) is 5.69 Å². The Morgan fingerprint density at radius 1 is 0.951 bits per heavy atom. The van der Waals surface area contributed by atoms with Gasteiger partial charge in [0.2, 0.25) is 11.8 Å². The summed E-state index contributed by atoms with van der Waals surface area (Å²) in [5, 5.41) is 3.45. The summed E-state index contributed by atoms with van der Waals surface area (Å²) in [6.07, 6.45) is 0. The fourth-order valence-electron chi connectivity index (χ4n) is 4.02. The van der Waals surface area contributed by atoms with E-state index in [2.05, 4.69) is 5.32 Å². The van der Waals surface area contributed by atoms with Crippen LogP contribution in [0.15, 0.2) is 71.6 Å². The van der Waals surface area contributed by atoms with Crippen LogP contribution in [-0.2, 0) is 26.2 Å². The van der Waals surface area contributed by atoms with Crippen molar-refractivity contribution in [2.24, 2.45) is 5.92 Å². The van der Waals surface area contributed by atoms with Gasteiger partial charge >= 0.3 is 0 Å². The zero-order valence-corrected chi connectivity index (χ0v) is 26.1. The first kappa shape index (κ1) is 32.2. The minimum absolute atomic E-state index is 0.00298. The average molecular weight is 621 g/mol. The van der Waals surface area contributed by atoms with Crippen molar-refractivity contribution in [2.75, 3.05) is 24.5 Å². The summed E-state index contributed by atoms with van der Waals surface area (Å²) in [5.74, 6) is -0.404. The molecule has 0 saturated carbocycles. The largest absolute Gasteiger partial charge is 0.495 e. The maximum Gasteiger partial charge on any atom is 0.264 e. The average Bonchev–Trinajstić information content (AvgIpc) is 2.93. The Kier molecular flexibility index (Phi) is 11.1. The first-order valence-electron chi connectivity index (χ1n) is 13.1. The van der Waals surface area contributed by atoms with E-state index < -0.39 is 28.5 Å². The van der Waals surface area contributed by atoms with Gasteiger partial charge in [0.15, 0.2) is 0 Å². The van der Waals surface area contributed by atoms with Gasteiger partial charge in [0.1, 0.15) is 18.3 Å². The van der Waals surface area contributed by atoms with E-state index in [0.29, 0.717) is 22.9 Å². The molecule has 8 nitrogen and oxygen atoms in total. The first-order chi connectivity index (χ1) is 19.3. The number of amides is 2. The van der Waals surface area contributed by atoms with E-state index >= 15 is 0 Å². The molecule has 0 aliphatic heterocycles. The second-order valence-corrected chi connectivity index (χ2v) is 12.7. The third kappa shape index (κ3) is 8.15. The number of sulfonamides is 1. The number of aryl methyl sites for hydroxylation is 1. The van der Waals surface area contributed by atoms with Crippen molar-refractivity contribution in [3.63, 3.8) is 0 Å². The number of anilines is 1. The van der Waals surface area contributed by atoms with E-state index in [0.717, 1.165) is 9.87 Å². The molecule has 1 atom stereocenters. The molecule has 1 unspecified atom stereocenters. The molecule has 0 spiro atoms. The van der Waals surface area contributed by atoms with Gasteiger partial charge in [0, 0.05) is 18.1 Å². The highest BCUT2D eigenvalue weighted by Gasteiger charge is 2.33. The van der Waals surface area contributed by atoms with E-state index in [1.54, 1.807) is 43.3 Å². The Morgan fingerprint density at radius 2 is 1.61 bits per heavy atom. The monoisotopic (exact) mass is 619 g/mol. The number of hydrogen-bond acceptors (Lipinski definition) is 5. The minimum Gasteiger partial charge on any atom is -0.495 e. The van der Waals surface area contributed by atoms with Crippen LogP contribution in [0.3, 0.4) is 0 Å². The van der Waals surface area contributed by atoms with Crippen LogP contribution in [0.2, 0.25) is 10.0 Å². The SMILES string of the molecule is COc1ccc(N(CC(=O)N(Cc2ccccc2Cl)C(C)C(=O)NCC(C)C)S(=O)(=O)c2ccc(C)cc2)cc1Cl. The molecule has 0 radical (unpaired) electrons. The molecule has 1 N–H and O–H groups in total. The van der Waals surface area contributed by atoms with Crippen molar-refractivity contribution < 1.29 is 22.7 Å². The topological polar surface area (TPSA) is 96.0 Å². The predicted molar refractivity (Wildman–Crippen MR) is 163 cm³/mol. The summed E-state index contributed by atoms with van der Waals surface area (Å²) in [4.78, 5) is 28.4. The van der Waals surface area contributed by atoms with Crippen molar-refractivity contribution in [1.82, 2.24) is 10.2 Å². The Balaban J connectivity index is 2.06. The highest BCUT2D eigenvalue weighted by molar-refractivity contribution is 7.92. The number of benzene rings is 3. The number of halogens is 2. The molecule has 220 valence electrons. The molecule has 3 aromatic rings. The van der Waals surface area contributed by atoms with Crippen molar-refractivity contribution in [1.29, 1.82) is 0 Å². The van der Waals surface area contributed by atoms with Gasteiger partial charge < -0.3 is 15.0 Å². The number of ether oxygens (including phenoxy) is 1. The number of methoxy groups -OCH3 is 1. The predicted octanol–water partition coefficient (Wildman–Crippen LogP) is 5.70. The van der Waals surface area contributed by atoms with Gasteiger partial charge in [-0.05, 0) is 61.7 Å². The molecular formula is C30H35Cl2N3O5S. The Bertz CT molecular complexity index is 1480. The number of carbonyl (C=O) groups is 2. The molecule has 0 aliphatic rings. The zero-order valence-electron chi connectivity index (χ0n) is 23.7. The van der Waals surface area contributed by atoms with Gasteiger partial charge in [0.25, 0.3) is 10.0 Å². The fourth-order valence-corrected chi connectivity index (χ4v) is 5.88. The number of hydrogen-bond donors (Lipinski definition) is 1. The van der Waals surface area contributed by atoms with Crippen LogP contribution in [0.1, 0.15) is 31.9 Å². The number of nitrogens with zero attached hydrogens (tertiary/aromatic N) is 2. The summed E-state index contributed by atoms with van der Waals surface area (Å²) < 4.78 is 34.1. The third-order valence-corrected chi connectivity index (χ3v) is 8.91. The Morgan fingerprint density at radius 3 is 2.20 bits per heavy atom. The third-order valence-electron chi connectivity index (χ3n) is 6.46. The maximum absolute atomic E-state index is 14.0. The Hall–Kier alpha value is -3.27. The quantitative estimate of drug-likeness (QED) is 0.281. The molecule has 0 bridgehead atoms. The zero-order chi connectivity index (χ0) is 30.3. The molecule has 0 saturated heterocycles.